The van der Waals surface area contributed by atoms with Crippen molar-refractivity contribution < 1.29 is 14.6 Å². The first-order chi connectivity index (χ1) is 17.0. The van der Waals surface area contributed by atoms with E-state index in [-0.39, 0.29) is 0 Å². The highest BCUT2D eigenvalue weighted by molar-refractivity contribution is 5.88. The number of urea groups is 1. The van der Waals surface area contributed by atoms with Gasteiger partial charge in [0.25, 0.3) is 0 Å². The molecule has 1 aromatic heterocycles. The molecule has 0 aliphatic carbocycles. The third-order valence-electron chi connectivity index (χ3n) is 6.13. The van der Waals surface area contributed by atoms with Crippen LogP contribution in [0.4, 0.5) is 10.5 Å². The van der Waals surface area contributed by atoms with Gasteiger partial charge in [-0.1, -0.05) is 38.1 Å². The summed E-state index contributed by atoms with van der Waals surface area (Å²) in [5.41, 5.74) is 11.3. The second-order valence-corrected chi connectivity index (χ2v) is 10.7. The molecule has 0 saturated heterocycles. The summed E-state index contributed by atoms with van der Waals surface area (Å²) in [7, 11) is 0. The number of nitrogens with one attached hydrogen (secondary N) is 1. The van der Waals surface area contributed by atoms with Crippen LogP contribution in [0.1, 0.15) is 44.5 Å². The molecule has 1 aliphatic heterocycles. The molecule has 2 heterocycles. The van der Waals surface area contributed by atoms with Crippen LogP contribution >= 0.6 is 0 Å². The topological polar surface area (TPSA) is 106 Å². The van der Waals surface area contributed by atoms with Gasteiger partial charge in [-0.25, -0.2) is 9.48 Å². The SMILES string of the molecule is Cc1cccc(OCC(C)C)c1-n1nc2c(c1-c1ccc(NC(N)=O)cc1)CN(CC(C)(C)O)CC2. The van der Waals surface area contributed by atoms with Crippen molar-refractivity contribution in [3.8, 4) is 22.7 Å². The number of nitrogens with zero attached hydrogens (tertiary/aromatic N) is 3. The van der Waals surface area contributed by atoms with Gasteiger partial charge in [0.1, 0.15) is 11.4 Å². The van der Waals surface area contributed by atoms with E-state index in [1.807, 2.05) is 54.9 Å². The zero-order chi connectivity index (χ0) is 26.0. The molecule has 8 nitrogen and oxygen atoms in total. The first kappa shape index (κ1) is 25.7. The van der Waals surface area contributed by atoms with Crippen molar-refractivity contribution in [2.75, 3.05) is 25.0 Å². The van der Waals surface area contributed by atoms with Gasteiger partial charge in [0.15, 0.2) is 0 Å². The molecule has 4 rings (SSSR count). The quantitative estimate of drug-likeness (QED) is 0.430. The van der Waals surface area contributed by atoms with Gasteiger partial charge in [0.05, 0.1) is 23.6 Å². The lowest BCUT2D eigenvalue weighted by molar-refractivity contribution is 0.0317. The summed E-state index contributed by atoms with van der Waals surface area (Å²) in [5, 5.41) is 18.2. The fraction of sp³-hybridized carbons (Fsp3) is 0.429. The van der Waals surface area contributed by atoms with Crippen LogP contribution in [-0.4, -0.2) is 51.1 Å². The molecule has 0 saturated carbocycles. The third kappa shape index (κ3) is 5.88. The summed E-state index contributed by atoms with van der Waals surface area (Å²) >= 11 is 0. The average molecular weight is 492 g/mol. The second kappa shape index (κ2) is 10.3. The van der Waals surface area contributed by atoms with Crippen molar-refractivity contribution in [2.45, 2.75) is 53.2 Å². The smallest absolute Gasteiger partial charge is 0.316 e. The molecule has 1 aliphatic rings. The molecule has 3 aromatic rings. The minimum atomic E-state index is -0.788. The fourth-order valence-electron chi connectivity index (χ4n) is 4.70. The number of primary amides is 1. The summed E-state index contributed by atoms with van der Waals surface area (Å²) < 4.78 is 8.25. The summed E-state index contributed by atoms with van der Waals surface area (Å²) in [6, 6.07) is 13.1. The summed E-state index contributed by atoms with van der Waals surface area (Å²) in [5.74, 6) is 1.19. The van der Waals surface area contributed by atoms with E-state index in [1.165, 1.54) is 0 Å². The Morgan fingerprint density at radius 3 is 2.58 bits per heavy atom. The molecule has 36 heavy (non-hydrogen) atoms. The van der Waals surface area contributed by atoms with Gasteiger partial charge in [-0.3, -0.25) is 4.90 Å². The first-order valence-corrected chi connectivity index (χ1v) is 12.5. The van der Waals surface area contributed by atoms with Gasteiger partial charge in [-0.05, 0) is 50.5 Å². The highest BCUT2D eigenvalue weighted by atomic mass is 16.5. The number of para-hydroxylation sites is 1. The Balaban J connectivity index is 1.85. The molecule has 8 heteroatoms. The number of carbonyl (C=O) groups is 1. The third-order valence-corrected chi connectivity index (χ3v) is 6.13. The fourth-order valence-corrected chi connectivity index (χ4v) is 4.70. The predicted octanol–water partition coefficient (Wildman–Crippen LogP) is 4.50. The normalized spacial score (nSPS) is 14.1. The minimum Gasteiger partial charge on any atom is -0.491 e. The maximum atomic E-state index is 11.3. The maximum absolute atomic E-state index is 11.3. The van der Waals surface area contributed by atoms with Gasteiger partial charge >= 0.3 is 6.03 Å². The molecule has 0 spiro atoms. The number of carbonyl (C=O) groups excluding carboxylic acids is 1. The largest absolute Gasteiger partial charge is 0.491 e. The molecule has 0 atom stereocenters. The molecule has 0 bridgehead atoms. The minimum absolute atomic E-state index is 0.393. The van der Waals surface area contributed by atoms with Crippen molar-refractivity contribution >= 4 is 11.7 Å². The maximum Gasteiger partial charge on any atom is 0.316 e. The average Bonchev–Trinajstić information content (AvgIpc) is 3.15. The molecule has 0 fully saturated rings. The van der Waals surface area contributed by atoms with Crippen LogP contribution in [0.5, 0.6) is 5.75 Å². The Labute approximate surface area is 213 Å². The van der Waals surface area contributed by atoms with E-state index in [9.17, 15) is 9.90 Å². The Morgan fingerprint density at radius 1 is 1.22 bits per heavy atom. The highest BCUT2D eigenvalue weighted by Crippen LogP contribution is 2.37. The molecule has 2 aromatic carbocycles. The Bertz CT molecular complexity index is 1230. The summed E-state index contributed by atoms with van der Waals surface area (Å²) in [6.45, 7) is 12.7. The second-order valence-electron chi connectivity index (χ2n) is 10.7. The lowest BCUT2D eigenvalue weighted by atomic mass is 9.99. The van der Waals surface area contributed by atoms with Gasteiger partial charge in [-0.2, -0.15) is 5.10 Å². The molecule has 4 N–H and O–H groups in total. The Kier molecular flexibility index (Phi) is 7.38. The number of ether oxygens (including phenoxy) is 1. The number of benzene rings is 2. The zero-order valence-electron chi connectivity index (χ0n) is 21.8. The Hall–Kier alpha value is -3.36. The summed E-state index contributed by atoms with van der Waals surface area (Å²) in [6.07, 6.45) is 0.792. The monoisotopic (exact) mass is 491 g/mol. The van der Waals surface area contributed by atoms with Crippen molar-refractivity contribution in [3.63, 3.8) is 0 Å². The number of nitrogens with two attached hydrogens (primary N) is 1. The zero-order valence-corrected chi connectivity index (χ0v) is 21.8. The highest BCUT2D eigenvalue weighted by Gasteiger charge is 2.30. The summed E-state index contributed by atoms with van der Waals surface area (Å²) in [4.78, 5) is 13.6. The molecular formula is C28H37N5O3. The van der Waals surface area contributed by atoms with Gasteiger partial charge in [-0.15, -0.1) is 0 Å². The van der Waals surface area contributed by atoms with E-state index >= 15 is 0 Å². The molecule has 192 valence electrons. The number of aryl methyl sites for hydroxylation is 1. The van der Waals surface area contributed by atoms with Crippen molar-refractivity contribution in [1.82, 2.24) is 14.7 Å². The standard InChI is InChI=1S/C28H37N5O3/c1-18(2)16-36-24-8-6-7-19(3)25(24)33-26(20-9-11-21(12-10-20)30-27(29)34)22-15-32(17-28(4,5)35)14-13-23(22)31-33/h6-12,18,35H,13-17H2,1-5H3,(H3,29,30,34). The number of amides is 2. The van der Waals surface area contributed by atoms with Crippen LogP contribution in [-0.2, 0) is 13.0 Å². The molecule has 0 radical (unpaired) electrons. The van der Waals surface area contributed by atoms with Crippen LogP contribution in [0.15, 0.2) is 42.5 Å². The van der Waals surface area contributed by atoms with Crippen molar-refractivity contribution in [2.24, 2.45) is 11.7 Å². The number of anilines is 1. The number of aliphatic hydroxyl groups is 1. The van der Waals surface area contributed by atoms with E-state index in [0.717, 1.165) is 52.5 Å². The van der Waals surface area contributed by atoms with Gasteiger partial charge < -0.3 is 20.9 Å². The van der Waals surface area contributed by atoms with Crippen molar-refractivity contribution in [1.29, 1.82) is 0 Å². The Morgan fingerprint density at radius 2 is 1.94 bits per heavy atom. The van der Waals surface area contributed by atoms with E-state index < -0.39 is 11.6 Å². The number of fused-ring (bicyclic) bond motifs is 1. The number of hydrogen-bond acceptors (Lipinski definition) is 5. The lowest BCUT2D eigenvalue weighted by Gasteiger charge is -2.31. The van der Waals surface area contributed by atoms with Crippen molar-refractivity contribution in [3.05, 3.63) is 59.3 Å². The lowest BCUT2D eigenvalue weighted by Crippen LogP contribution is -2.41. The number of hydrogen-bond donors (Lipinski definition) is 3. The van der Waals surface area contributed by atoms with E-state index in [1.54, 1.807) is 0 Å². The predicted molar refractivity (Wildman–Crippen MR) is 143 cm³/mol. The number of β-amino-alcohol motifs (C(OH)–C–C–N with tert-alkyl or cyclic N) is 1. The molecule has 2 amide bonds. The molecular weight excluding hydrogens is 454 g/mol. The van der Waals surface area contributed by atoms with E-state index in [4.69, 9.17) is 15.6 Å². The molecule has 0 unspecified atom stereocenters. The van der Waals surface area contributed by atoms with Crippen LogP contribution < -0.4 is 15.8 Å². The van der Waals surface area contributed by atoms with Crippen LogP contribution in [0.25, 0.3) is 16.9 Å². The van der Waals surface area contributed by atoms with Crippen LogP contribution in [0.2, 0.25) is 0 Å². The number of aromatic nitrogens is 2. The van der Waals surface area contributed by atoms with Gasteiger partial charge in [0, 0.05) is 42.9 Å². The van der Waals surface area contributed by atoms with Gasteiger partial charge in [0.2, 0.25) is 0 Å². The number of rotatable bonds is 8. The first-order valence-electron chi connectivity index (χ1n) is 12.5. The van der Waals surface area contributed by atoms with Crippen LogP contribution in [0, 0.1) is 12.8 Å². The van der Waals surface area contributed by atoms with E-state index in [0.29, 0.717) is 31.3 Å². The van der Waals surface area contributed by atoms with E-state index in [2.05, 4.69) is 37.1 Å². The van der Waals surface area contributed by atoms with Crippen LogP contribution in [0.3, 0.4) is 0 Å².